The lowest BCUT2D eigenvalue weighted by Gasteiger charge is -2.28. The van der Waals surface area contributed by atoms with Crippen molar-refractivity contribution in [3.63, 3.8) is 0 Å². The molecule has 11 heavy (non-hydrogen) atoms. The summed E-state index contributed by atoms with van der Waals surface area (Å²) in [5.41, 5.74) is 1.16. The highest BCUT2D eigenvalue weighted by atomic mass is 16.6. The molecule has 1 heterocycles. The van der Waals surface area contributed by atoms with E-state index in [0.29, 0.717) is 5.92 Å². The lowest BCUT2D eigenvalue weighted by atomic mass is 9.95. The third-order valence-electron chi connectivity index (χ3n) is 2.06. The maximum Gasteiger partial charge on any atom is 0.132 e. The summed E-state index contributed by atoms with van der Waals surface area (Å²) in [4.78, 5) is 5.33. The minimum absolute atomic E-state index is 0.0433. The normalized spacial score (nSPS) is 22.8. The molecule has 0 radical (unpaired) electrons. The fourth-order valence-corrected chi connectivity index (χ4v) is 1.10. The lowest BCUT2D eigenvalue weighted by molar-refractivity contribution is -0.0298. The molecule has 1 aliphatic heterocycles. The highest BCUT2D eigenvalue weighted by Crippen LogP contribution is 2.24. The topological polar surface area (TPSA) is 21.6 Å². The summed E-state index contributed by atoms with van der Waals surface area (Å²) in [6.07, 6.45) is 2.18. The van der Waals surface area contributed by atoms with Crippen molar-refractivity contribution >= 4 is 5.71 Å². The number of oxime groups is 1. The Labute approximate surface area is 68.6 Å². The maximum absolute atomic E-state index is 5.33. The summed E-state index contributed by atoms with van der Waals surface area (Å²) in [7, 11) is 0. The van der Waals surface area contributed by atoms with Crippen LogP contribution in [0.3, 0.4) is 0 Å². The number of hydrogen-bond acceptors (Lipinski definition) is 2. The fourth-order valence-electron chi connectivity index (χ4n) is 1.10. The van der Waals surface area contributed by atoms with Crippen LogP contribution >= 0.6 is 0 Å². The van der Waals surface area contributed by atoms with E-state index in [1.165, 1.54) is 5.71 Å². The van der Waals surface area contributed by atoms with Gasteiger partial charge < -0.3 is 4.84 Å². The standard InChI is InChI=1S/C9H17NO/c1-7(2)8-5-6-9(3,4)11-10-8/h7H,5-6H2,1-4H3. The molecule has 0 aromatic rings. The van der Waals surface area contributed by atoms with E-state index in [1.54, 1.807) is 0 Å². The van der Waals surface area contributed by atoms with Crippen molar-refractivity contribution in [3.05, 3.63) is 0 Å². The molecule has 0 aromatic heterocycles. The Hall–Kier alpha value is -0.530. The molecule has 1 rings (SSSR count). The van der Waals surface area contributed by atoms with Gasteiger partial charge in [-0.05, 0) is 32.6 Å². The van der Waals surface area contributed by atoms with E-state index in [1.807, 2.05) is 0 Å². The van der Waals surface area contributed by atoms with Gasteiger partial charge in [-0.25, -0.2) is 0 Å². The van der Waals surface area contributed by atoms with E-state index in [4.69, 9.17) is 4.84 Å². The summed E-state index contributed by atoms with van der Waals surface area (Å²) in [6.45, 7) is 8.46. The van der Waals surface area contributed by atoms with Gasteiger partial charge in [0.05, 0.1) is 5.71 Å². The molecule has 64 valence electrons. The molecular weight excluding hydrogens is 138 g/mol. The molecule has 0 spiro atoms. The summed E-state index contributed by atoms with van der Waals surface area (Å²) in [5, 5.41) is 4.10. The van der Waals surface area contributed by atoms with E-state index < -0.39 is 0 Å². The molecule has 0 unspecified atom stereocenters. The molecule has 0 bridgehead atoms. The monoisotopic (exact) mass is 155 g/mol. The van der Waals surface area contributed by atoms with E-state index in [9.17, 15) is 0 Å². The molecule has 0 atom stereocenters. The highest BCUT2D eigenvalue weighted by molar-refractivity contribution is 5.86. The van der Waals surface area contributed by atoms with Crippen LogP contribution in [0, 0.1) is 5.92 Å². The van der Waals surface area contributed by atoms with Crippen molar-refractivity contribution in [3.8, 4) is 0 Å². The number of rotatable bonds is 1. The zero-order chi connectivity index (χ0) is 8.48. The van der Waals surface area contributed by atoms with Gasteiger partial charge in [0, 0.05) is 0 Å². The van der Waals surface area contributed by atoms with Crippen molar-refractivity contribution in [2.75, 3.05) is 0 Å². The second-order valence-corrected chi connectivity index (χ2v) is 4.09. The molecule has 0 fully saturated rings. The molecule has 2 heteroatoms. The second-order valence-electron chi connectivity index (χ2n) is 4.09. The van der Waals surface area contributed by atoms with Gasteiger partial charge in [-0.3, -0.25) is 0 Å². The first-order valence-corrected chi connectivity index (χ1v) is 4.26. The Kier molecular flexibility index (Phi) is 2.21. The van der Waals surface area contributed by atoms with Gasteiger partial charge in [0.2, 0.25) is 0 Å². The first kappa shape index (κ1) is 8.57. The molecule has 2 nitrogen and oxygen atoms in total. The van der Waals surface area contributed by atoms with Crippen LogP contribution in [-0.4, -0.2) is 11.3 Å². The van der Waals surface area contributed by atoms with Crippen LogP contribution in [0.15, 0.2) is 5.16 Å². The molecular formula is C9H17NO. The van der Waals surface area contributed by atoms with Crippen LogP contribution in [0.25, 0.3) is 0 Å². The van der Waals surface area contributed by atoms with Crippen molar-refractivity contribution < 1.29 is 4.84 Å². The Bertz CT molecular complexity index is 170. The van der Waals surface area contributed by atoms with Crippen LogP contribution in [0.5, 0.6) is 0 Å². The summed E-state index contributed by atoms with van der Waals surface area (Å²) in [5.74, 6) is 0.533. The van der Waals surface area contributed by atoms with E-state index in [0.717, 1.165) is 12.8 Å². The van der Waals surface area contributed by atoms with Gasteiger partial charge in [-0.15, -0.1) is 0 Å². The van der Waals surface area contributed by atoms with Crippen LogP contribution in [0.2, 0.25) is 0 Å². The van der Waals surface area contributed by atoms with Gasteiger partial charge in [0.25, 0.3) is 0 Å². The SMILES string of the molecule is CC(C)C1=NOC(C)(C)CC1. The second kappa shape index (κ2) is 2.84. The average molecular weight is 155 g/mol. The molecule has 0 saturated heterocycles. The summed E-state index contributed by atoms with van der Waals surface area (Å²) in [6, 6.07) is 0. The lowest BCUT2D eigenvalue weighted by Crippen LogP contribution is -2.29. The van der Waals surface area contributed by atoms with Crippen molar-refractivity contribution in [2.45, 2.75) is 46.1 Å². The Morgan fingerprint density at radius 1 is 1.45 bits per heavy atom. The number of nitrogens with zero attached hydrogens (tertiary/aromatic N) is 1. The van der Waals surface area contributed by atoms with Gasteiger partial charge in [-0.1, -0.05) is 19.0 Å². The van der Waals surface area contributed by atoms with Crippen LogP contribution in [-0.2, 0) is 4.84 Å². The van der Waals surface area contributed by atoms with Gasteiger partial charge >= 0.3 is 0 Å². The largest absolute Gasteiger partial charge is 0.390 e. The molecule has 1 aliphatic rings. The molecule has 0 amide bonds. The summed E-state index contributed by atoms with van der Waals surface area (Å²) >= 11 is 0. The zero-order valence-electron chi connectivity index (χ0n) is 7.85. The highest BCUT2D eigenvalue weighted by Gasteiger charge is 2.25. The molecule has 0 saturated carbocycles. The van der Waals surface area contributed by atoms with Crippen molar-refractivity contribution in [1.29, 1.82) is 0 Å². The quantitative estimate of drug-likeness (QED) is 0.570. The number of hydrogen-bond donors (Lipinski definition) is 0. The van der Waals surface area contributed by atoms with Crippen LogP contribution in [0.4, 0.5) is 0 Å². The predicted molar refractivity (Wildman–Crippen MR) is 46.7 cm³/mol. The smallest absolute Gasteiger partial charge is 0.132 e. The third-order valence-corrected chi connectivity index (χ3v) is 2.06. The fraction of sp³-hybridized carbons (Fsp3) is 0.889. The third kappa shape index (κ3) is 2.21. The molecule has 0 N–H and O–H groups in total. The first-order chi connectivity index (χ1) is 5.01. The van der Waals surface area contributed by atoms with Crippen molar-refractivity contribution in [2.24, 2.45) is 11.1 Å². The Balaban J connectivity index is 2.58. The summed E-state index contributed by atoms with van der Waals surface area (Å²) < 4.78 is 0. The van der Waals surface area contributed by atoms with Gasteiger partial charge in [0.15, 0.2) is 0 Å². The predicted octanol–water partition coefficient (Wildman–Crippen LogP) is 2.59. The van der Waals surface area contributed by atoms with Gasteiger partial charge in [-0.2, -0.15) is 0 Å². The van der Waals surface area contributed by atoms with Crippen molar-refractivity contribution in [1.82, 2.24) is 0 Å². The van der Waals surface area contributed by atoms with E-state index in [2.05, 4.69) is 32.9 Å². The Morgan fingerprint density at radius 3 is 2.45 bits per heavy atom. The van der Waals surface area contributed by atoms with Crippen LogP contribution in [0.1, 0.15) is 40.5 Å². The average Bonchev–Trinajstić information content (AvgIpc) is 1.86. The Morgan fingerprint density at radius 2 is 2.09 bits per heavy atom. The zero-order valence-corrected chi connectivity index (χ0v) is 7.85. The minimum Gasteiger partial charge on any atom is -0.390 e. The molecule has 0 aliphatic carbocycles. The van der Waals surface area contributed by atoms with E-state index >= 15 is 0 Å². The minimum atomic E-state index is -0.0433. The van der Waals surface area contributed by atoms with Gasteiger partial charge in [0.1, 0.15) is 5.60 Å². The first-order valence-electron chi connectivity index (χ1n) is 4.26. The van der Waals surface area contributed by atoms with Crippen LogP contribution < -0.4 is 0 Å². The molecule has 0 aromatic carbocycles. The van der Waals surface area contributed by atoms with E-state index in [-0.39, 0.29) is 5.60 Å². The maximum atomic E-state index is 5.33.